The Bertz CT molecular complexity index is 1530. The van der Waals surface area contributed by atoms with Gasteiger partial charge in [0.2, 0.25) is 17.7 Å². The molecule has 1 aliphatic heterocycles. The molecule has 4 amide bonds. The highest BCUT2D eigenvalue weighted by Gasteiger charge is 2.29. The lowest BCUT2D eigenvalue weighted by molar-refractivity contribution is -0.130. The summed E-state index contributed by atoms with van der Waals surface area (Å²) in [6.07, 6.45) is 1.21. The van der Waals surface area contributed by atoms with E-state index < -0.39 is 35.8 Å². The molecule has 3 aromatic rings. The van der Waals surface area contributed by atoms with E-state index in [9.17, 15) is 19.2 Å². The number of methoxy groups -OCH3 is 2. The number of fused-ring (bicyclic) bond motifs is 1. The molecule has 3 atom stereocenters. The summed E-state index contributed by atoms with van der Waals surface area (Å²) in [5.74, 6) is -0.162. The normalized spacial score (nSPS) is 19.1. The van der Waals surface area contributed by atoms with Gasteiger partial charge in [-0.1, -0.05) is 62.4 Å². The highest BCUT2D eigenvalue weighted by Crippen LogP contribution is 2.28. The van der Waals surface area contributed by atoms with E-state index in [-0.39, 0.29) is 36.8 Å². The van der Waals surface area contributed by atoms with Gasteiger partial charge in [-0.25, -0.2) is 0 Å². The van der Waals surface area contributed by atoms with E-state index in [0.717, 1.165) is 5.56 Å². The van der Waals surface area contributed by atoms with Gasteiger partial charge in [0.1, 0.15) is 24.4 Å². The summed E-state index contributed by atoms with van der Waals surface area (Å²) < 4.78 is 16.8. The number of carbonyl (C=O) groups is 4. The fraction of sp³-hybridized carbons (Fsp3) is 0.389. The third-order valence-electron chi connectivity index (χ3n) is 8.05. The number of benzene rings is 3. The molecule has 0 fully saturated rings. The van der Waals surface area contributed by atoms with Gasteiger partial charge in [-0.3, -0.25) is 19.2 Å². The summed E-state index contributed by atoms with van der Waals surface area (Å²) in [5.41, 5.74) is 1.88. The second-order valence-corrected chi connectivity index (χ2v) is 11.7. The number of hydrogen-bond acceptors (Lipinski definition) is 7. The Kier molecular flexibility index (Phi) is 12.6. The van der Waals surface area contributed by atoms with Crippen molar-refractivity contribution in [1.82, 2.24) is 21.3 Å². The first-order valence-corrected chi connectivity index (χ1v) is 15.9. The Morgan fingerprint density at radius 3 is 2.36 bits per heavy atom. The number of para-hydroxylation sites is 1. The average molecular weight is 645 g/mol. The Morgan fingerprint density at radius 2 is 1.64 bits per heavy atom. The van der Waals surface area contributed by atoms with Crippen molar-refractivity contribution in [3.8, 4) is 17.2 Å². The molecule has 250 valence electrons. The van der Waals surface area contributed by atoms with E-state index in [4.69, 9.17) is 14.2 Å². The van der Waals surface area contributed by atoms with Gasteiger partial charge in [0.15, 0.2) is 11.5 Å². The van der Waals surface area contributed by atoms with Crippen LogP contribution in [0.2, 0.25) is 0 Å². The molecule has 0 aromatic heterocycles. The Morgan fingerprint density at radius 1 is 0.915 bits per heavy atom. The predicted octanol–water partition coefficient (Wildman–Crippen LogP) is 3.72. The molecular formula is C36H44N4O7. The summed E-state index contributed by atoms with van der Waals surface area (Å²) >= 11 is 0. The lowest BCUT2D eigenvalue weighted by Crippen LogP contribution is -2.49. The van der Waals surface area contributed by atoms with Crippen molar-refractivity contribution in [2.24, 2.45) is 5.92 Å². The van der Waals surface area contributed by atoms with Crippen molar-refractivity contribution >= 4 is 23.6 Å². The molecule has 0 saturated heterocycles. The molecule has 3 aromatic carbocycles. The van der Waals surface area contributed by atoms with Crippen molar-refractivity contribution in [2.75, 3.05) is 27.4 Å². The minimum Gasteiger partial charge on any atom is -0.493 e. The quantitative estimate of drug-likeness (QED) is 0.260. The zero-order valence-electron chi connectivity index (χ0n) is 27.3. The maximum Gasteiger partial charge on any atom is 0.255 e. The predicted molar refractivity (Wildman–Crippen MR) is 177 cm³/mol. The SMILES string of the molecule is COc1ccc(CCCNC(=O)[C@@H]2CCC(=O)N[C@@H](c3ccccc3)C(=O)N[C@H](C(C)C)COc3ccccc3C(=O)N2)cc1OC. The summed E-state index contributed by atoms with van der Waals surface area (Å²) in [4.78, 5) is 53.8. The monoisotopic (exact) mass is 644 g/mol. The minimum absolute atomic E-state index is 0.0115. The summed E-state index contributed by atoms with van der Waals surface area (Å²) in [7, 11) is 3.15. The molecule has 11 heteroatoms. The third kappa shape index (κ3) is 9.71. The maximum absolute atomic E-state index is 13.6. The number of amides is 4. The molecule has 0 saturated carbocycles. The molecule has 0 radical (unpaired) electrons. The molecule has 0 bridgehead atoms. The largest absolute Gasteiger partial charge is 0.493 e. The van der Waals surface area contributed by atoms with Gasteiger partial charge in [0.05, 0.1) is 25.8 Å². The fourth-order valence-corrected chi connectivity index (χ4v) is 5.25. The number of rotatable bonds is 9. The maximum atomic E-state index is 13.6. The minimum atomic E-state index is -1.01. The second-order valence-electron chi connectivity index (χ2n) is 11.7. The van der Waals surface area contributed by atoms with Gasteiger partial charge < -0.3 is 35.5 Å². The number of nitrogens with one attached hydrogen (secondary N) is 4. The van der Waals surface area contributed by atoms with Gasteiger partial charge in [0, 0.05) is 13.0 Å². The van der Waals surface area contributed by atoms with Crippen LogP contribution >= 0.6 is 0 Å². The van der Waals surface area contributed by atoms with E-state index >= 15 is 0 Å². The molecule has 1 heterocycles. The molecule has 11 nitrogen and oxygen atoms in total. The molecule has 47 heavy (non-hydrogen) atoms. The highest BCUT2D eigenvalue weighted by atomic mass is 16.5. The Hall–Kier alpha value is -5.06. The second kappa shape index (κ2) is 17.0. The summed E-state index contributed by atoms with van der Waals surface area (Å²) in [6.45, 7) is 4.34. The first-order chi connectivity index (χ1) is 22.7. The first kappa shape index (κ1) is 34.8. The van der Waals surface area contributed by atoms with Crippen molar-refractivity contribution in [2.45, 2.75) is 57.7 Å². The standard InChI is InChI=1S/C36H44N4O7/c1-23(2)28-22-47-29-15-9-8-14-26(29)34(42)38-27(17-19-32(41)40-33(36(44)39-28)25-12-6-5-7-13-25)35(43)37-20-10-11-24-16-18-30(45-3)31(21-24)46-4/h5-9,12-16,18,21,23,27-28,33H,10-11,17,19-20,22H2,1-4H3,(H,37,43)(H,38,42)(H,39,44)(H,40,41)/t27-,28-,33-/m0/s1. The molecular weight excluding hydrogens is 600 g/mol. The van der Waals surface area contributed by atoms with E-state index in [0.29, 0.717) is 42.2 Å². The van der Waals surface area contributed by atoms with Crippen LogP contribution in [-0.4, -0.2) is 63.1 Å². The average Bonchev–Trinajstić information content (AvgIpc) is 3.09. The van der Waals surface area contributed by atoms with Gasteiger partial charge in [-0.15, -0.1) is 0 Å². The first-order valence-electron chi connectivity index (χ1n) is 15.9. The van der Waals surface area contributed by atoms with Crippen LogP contribution in [-0.2, 0) is 20.8 Å². The zero-order valence-corrected chi connectivity index (χ0v) is 27.3. The van der Waals surface area contributed by atoms with Gasteiger partial charge in [-0.05, 0) is 60.6 Å². The Labute approximate surface area is 275 Å². The van der Waals surface area contributed by atoms with Crippen LogP contribution in [0.3, 0.4) is 0 Å². The van der Waals surface area contributed by atoms with Crippen molar-refractivity contribution in [3.05, 3.63) is 89.5 Å². The van der Waals surface area contributed by atoms with Crippen LogP contribution < -0.4 is 35.5 Å². The lowest BCUT2D eigenvalue weighted by atomic mass is 10.0. The van der Waals surface area contributed by atoms with E-state index in [1.807, 2.05) is 38.1 Å². The van der Waals surface area contributed by atoms with Crippen LogP contribution in [0.25, 0.3) is 0 Å². The third-order valence-corrected chi connectivity index (χ3v) is 8.05. The van der Waals surface area contributed by atoms with E-state index in [2.05, 4.69) is 21.3 Å². The topological polar surface area (TPSA) is 144 Å². The van der Waals surface area contributed by atoms with E-state index in [1.165, 1.54) is 0 Å². The molecule has 4 N–H and O–H groups in total. The lowest BCUT2D eigenvalue weighted by Gasteiger charge is -2.26. The highest BCUT2D eigenvalue weighted by molar-refractivity contribution is 6.00. The van der Waals surface area contributed by atoms with E-state index in [1.54, 1.807) is 62.8 Å². The van der Waals surface area contributed by atoms with Crippen LogP contribution in [0.15, 0.2) is 72.8 Å². The Balaban J connectivity index is 1.52. The molecule has 0 unspecified atom stereocenters. The number of carbonyl (C=O) groups excluding carboxylic acids is 4. The van der Waals surface area contributed by atoms with Crippen LogP contribution in [0.5, 0.6) is 17.2 Å². The van der Waals surface area contributed by atoms with Crippen LogP contribution in [0, 0.1) is 5.92 Å². The van der Waals surface area contributed by atoms with Gasteiger partial charge in [0.25, 0.3) is 5.91 Å². The smallest absolute Gasteiger partial charge is 0.255 e. The van der Waals surface area contributed by atoms with Crippen molar-refractivity contribution in [1.29, 1.82) is 0 Å². The van der Waals surface area contributed by atoms with Crippen molar-refractivity contribution in [3.63, 3.8) is 0 Å². The fourth-order valence-electron chi connectivity index (χ4n) is 5.25. The summed E-state index contributed by atoms with van der Waals surface area (Å²) in [5, 5.41) is 11.6. The zero-order chi connectivity index (χ0) is 33.8. The van der Waals surface area contributed by atoms with Crippen LogP contribution in [0.4, 0.5) is 0 Å². The van der Waals surface area contributed by atoms with Gasteiger partial charge in [-0.2, -0.15) is 0 Å². The summed E-state index contributed by atoms with van der Waals surface area (Å²) in [6, 6.07) is 19.0. The number of hydrogen-bond donors (Lipinski definition) is 4. The van der Waals surface area contributed by atoms with Crippen LogP contribution in [0.1, 0.15) is 60.6 Å². The van der Waals surface area contributed by atoms with Gasteiger partial charge >= 0.3 is 0 Å². The van der Waals surface area contributed by atoms with Crippen molar-refractivity contribution < 1.29 is 33.4 Å². The molecule has 0 spiro atoms. The number of aryl methyl sites for hydroxylation is 1. The molecule has 0 aliphatic carbocycles. The molecule has 1 aliphatic rings. The number of ether oxygens (including phenoxy) is 3. The molecule has 4 rings (SSSR count).